The van der Waals surface area contributed by atoms with E-state index in [1.807, 2.05) is 26.0 Å². The molecule has 0 radical (unpaired) electrons. The predicted molar refractivity (Wildman–Crippen MR) is 74.0 cm³/mol. The van der Waals surface area contributed by atoms with Gasteiger partial charge >= 0.3 is 0 Å². The highest BCUT2D eigenvalue weighted by Gasteiger charge is 2.18. The molecule has 4 heteroatoms. The first-order valence-electron chi connectivity index (χ1n) is 5.59. The molecule has 96 valence electrons. The fourth-order valence-electron chi connectivity index (χ4n) is 1.43. The first kappa shape index (κ1) is 14.8. The van der Waals surface area contributed by atoms with Crippen molar-refractivity contribution in [2.24, 2.45) is 0 Å². The fraction of sp³-hybridized carbons (Fsp3) is 0.538. The van der Waals surface area contributed by atoms with Gasteiger partial charge in [0.2, 0.25) is 0 Å². The Morgan fingerprint density at radius 3 is 2.53 bits per heavy atom. The van der Waals surface area contributed by atoms with Crippen LogP contribution in [-0.4, -0.2) is 19.3 Å². The fourth-order valence-corrected chi connectivity index (χ4v) is 2.01. The molecule has 1 rings (SSSR count). The standard InChI is InChI=1S/C13H19Cl2NO/c1-9(16-8-13(2,3)17-4)11-6-5-10(14)7-12(11)15/h5-7,9,16H,8H2,1-4H3. The van der Waals surface area contributed by atoms with Crippen LogP contribution in [0, 0.1) is 0 Å². The number of methoxy groups -OCH3 is 1. The van der Waals surface area contributed by atoms with Gasteiger partial charge in [-0.3, -0.25) is 0 Å². The van der Waals surface area contributed by atoms with E-state index in [9.17, 15) is 0 Å². The van der Waals surface area contributed by atoms with Gasteiger partial charge in [-0.05, 0) is 38.5 Å². The molecule has 1 atom stereocenters. The van der Waals surface area contributed by atoms with Gasteiger partial charge in [-0.25, -0.2) is 0 Å². The quantitative estimate of drug-likeness (QED) is 0.875. The molecule has 17 heavy (non-hydrogen) atoms. The van der Waals surface area contributed by atoms with Crippen molar-refractivity contribution in [1.29, 1.82) is 0 Å². The molecule has 1 N–H and O–H groups in total. The van der Waals surface area contributed by atoms with Gasteiger partial charge in [-0.1, -0.05) is 29.3 Å². The van der Waals surface area contributed by atoms with Crippen molar-refractivity contribution in [2.45, 2.75) is 32.4 Å². The number of hydrogen-bond acceptors (Lipinski definition) is 2. The van der Waals surface area contributed by atoms with E-state index >= 15 is 0 Å². The molecule has 2 nitrogen and oxygen atoms in total. The van der Waals surface area contributed by atoms with Crippen LogP contribution in [0.25, 0.3) is 0 Å². The number of halogens is 2. The normalized spacial score (nSPS) is 13.8. The molecule has 0 aromatic heterocycles. The molecule has 0 aliphatic carbocycles. The summed E-state index contributed by atoms with van der Waals surface area (Å²) in [6.07, 6.45) is 0. The summed E-state index contributed by atoms with van der Waals surface area (Å²) in [5, 5.41) is 4.74. The Bertz CT molecular complexity index is 380. The Morgan fingerprint density at radius 1 is 1.35 bits per heavy atom. The van der Waals surface area contributed by atoms with Crippen molar-refractivity contribution in [1.82, 2.24) is 5.32 Å². The molecule has 1 aromatic carbocycles. The van der Waals surface area contributed by atoms with Crippen molar-refractivity contribution in [3.8, 4) is 0 Å². The van der Waals surface area contributed by atoms with E-state index in [0.29, 0.717) is 10.0 Å². The number of nitrogens with one attached hydrogen (secondary N) is 1. The number of rotatable bonds is 5. The molecule has 0 aliphatic heterocycles. The number of ether oxygens (including phenoxy) is 1. The van der Waals surface area contributed by atoms with Crippen LogP contribution in [0.15, 0.2) is 18.2 Å². The molecular formula is C13H19Cl2NO. The maximum absolute atomic E-state index is 6.15. The maximum atomic E-state index is 6.15. The Hall–Kier alpha value is -0.280. The Morgan fingerprint density at radius 2 is 2.00 bits per heavy atom. The molecule has 0 aliphatic rings. The van der Waals surface area contributed by atoms with Gasteiger partial charge in [0.25, 0.3) is 0 Å². The third-order valence-corrected chi connectivity index (χ3v) is 3.38. The van der Waals surface area contributed by atoms with E-state index in [0.717, 1.165) is 12.1 Å². The molecule has 0 saturated heterocycles. The van der Waals surface area contributed by atoms with E-state index in [-0.39, 0.29) is 11.6 Å². The molecular weight excluding hydrogens is 257 g/mol. The highest BCUT2D eigenvalue weighted by atomic mass is 35.5. The predicted octanol–water partition coefficient (Wildman–Crippen LogP) is 4.07. The van der Waals surface area contributed by atoms with Crippen LogP contribution >= 0.6 is 23.2 Å². The van der Waals surface area contributed by atoms with Gasteiger partial charge in [0, 0.05) is 29.7 Å². The third-order valence-electron chi connectivity index (χ3n) is 2.82. The second kappa shape index (κ2) is 6.05. The Labute approximate surface area is 113 Å². The van der Waals surface area contributed by atoms with Crippen molar-refractivity contribution in [2.75, 3.05) is 13.7 Å². The lowest BCUT2D eigenvalue weighted by atomic mass is 10.1. The van der Waals surface area contributed by atoms with Crippen molar-refractivity contribution in [3.63, 3.8) is 0 Å². The van der Waals surface area contributed by atoms with Gasteiger partial charge < -0.3 is 10.1 Å². The topological polar surface area (TPSA) is 21.3 Å². The minimum absolute atomic E-state index is 0.161. The van der Waals surface area contributed by atoms with Crippen LogP contribution < -0.4 is 5.32 Å². The molecule has 0 amide bonds. The van der Waals surface area contributed by atoms with E-state index in [2.05, 4.69) is 12.2 Å². The molecule has 0 heterocycles. The molecule has 0 saturated carbocycles. The van der Waals surface area contributed by atoms with E-state index in [1.165, 1.54) is 0 Å². The summed E-state index contributed by atoms with van der Waals surface area (Å²) < 4.78 is 5.36. The Kier molecular flexibility index (Phi) is 5.26. The Balaban J connectivity index is 2.67. The summed E-state index contributed by atoms with van der Waals surface area (Å²) >= 11 is 12.0. The lowest BCUT2D eigenvalue weighted by Gasteiger charge is -2.26. The number of benzene rings is 1. The lowest BCUT2D eigenvalue weighted by Crippen LogP contribution is -2.37. The molecule has 1 aromatic rings. The summed E-state index contributed by atoms with van der Waals surface area (Å²) in [6.45, 7) is 6.90. The largest absolute Gasteiger partial charge is 0.377 e. The van der Waals surface area contributed by atoms with Gasteiger partial charge in [0.15, 0.2) is 0 Å². The zero-order chi connectivity index (χ0) is 13.1. The second-order valence-electron chi connectivity index (χ2n) is 4.73. The van der Waals surface area contributed by atoms with Crippen LogP contribution in [-0.2, 0) is 4.74 Å². The van der Waals surface area contributed by atoms with Crippen molar-refractivity contribution in [3.05, 3.63) is 33.8 Å². The minimum atomic E-state index is -0.187. The van der Waals surface area contributed by atoms with Crippen LogP contribution in [0.5, 0.6) is 0 Å². The maximum Gasteiger partial charge on any atom is 0.0746 e. The minimum Gasteiger partial charge on any atom is -0.377 e. The van der Waals surface area contributed by atoms with E-state index < -0.39 is 0 Å². The SMILES string of the molecule is COC(C)(C)CNC(C)c1ccc(Cl)cc1Cl. The summed E-state index contributed by atoms with van der Waals surface area (Å²) in [4.78, 5) is 0. The summed E-state index contributed by atoms with van der Waals surface area (Å²) in [5.41, 5.74) is 0.857. The first-order valence-corrected chi connectivity index (χ1v) is 6.35. The van der Waals surface area contributed by atoms with E-state index in [4.69, 9.17) is 27.9 Å². The van der Waals surface area contributed by atoms with Gasteiger partial charge in [0.1, 0.15) is 0 Å². The molecule has 0 spiro atoms. The summed E-state index contributed by atoms with van der Waals surface area (Å²) in [6, 6.07) is 5.72. The third kappa shape index (κ3) is 4.47. The van der Waals surface area contributed by atoms with Crippen LogP contribution in [0.1, 0.15) is 32.4 Å². The van der Waals surface area contributed by atoms with Gasteiger partial charge in [-0.15, -0.1) is 0 Å². The zero-order valence-electron chi connectivity index (χ0n) is 10.7. The zero-order valence-corrected chi connectivity index (χ0v) is 12.2. The molecule has 1 unspecified atom stereocenters. The highest BCUT2D eigenvalue weighted by Crippen LogP contribution is 2.26. The first-order chi connectivity index (χ1) is 7.85. The summed E-state index contributed by atoms with van der Waals surface area (Å²) in [7, 11) is 1.71. The average Bonchev–Trinajstić information content (AvgIpc) is 2.26. The molecule has 0 bridgehead atoms. The number of hydrogen-bond donors (Lipinski definition) is 1. The van der Waals surface area contributed by atoms with Crippen LogP contribution in [0.3, 0.4) is 0 Å². The summed E-state index contributed by atoms with van der Waals surface area (Å²) in [5.74, 6) is 0. The van der Waals surface area contributed by atoms with E-state index in [1.54, 1.807) is 13.2 Å². The second-order valence-corrected chi connectivity index (χ2v) is 5.58. The lowest BCUT2D eigenvalue weighted by molar-refractivity contribution is 0.0214. The highest BCUT2D eigenvalue weighted by molar-refractivity contribution is 6.35. The molecule has 0 fully saturated rings. The van der Waals surface area contributed by atoms with Gasteiger partial charge in [-0.2, -0.15) is 0 Å². The smallest absolute Gasteiger partial charge is 0.0746 e. The average molecular weight is 276 g/mol. The van der Waals surface area contributed by atoms with Crippen LogP contribution in [0.2, 0.25) is 10.0 Å². The monoisotopic (exact) mass is 275 g/mol. The van der Waals surface area contributed by atoms with Crippen molar-refractivity contribution < 1.29 is 4.74 Å². The van der Waals surface area contributed by atoms with Crippen molar-refractivity contribution >= 4 is 23.2 Å². The van der Waals surface area contributed by atoms with Crippen LogP contribution in [0.4, 0.5) is 0 Å². The van der Waals surface area contributed by atoms with Gasteiger partial charge in [0.05, 0.1) is 5.60 Å².